The molecule has 1 aromatic rings. The van der Waals surface area contributed by atoms with Crippen LogP contribution in [0.5, 0.6) is 0 Å². The van der Waals surface area contributed by atoms with Gasteiger partial charge in [-0.3, -0.25) is 14.4 Å². The summed E-state index contributed by atoms with van der Waals surface area (Å²) in [4.78, 5) is 36.7. The molecular weight excluding hydrogens is 424 g/mol. The third-order valence-corrected chi connectivity index (χ3v) is 6.80. The van der Waals surface area contributed by atoms with Gasteiger partial charge in [-0.1, -0.05) is 44.0 Å². The van der Waals surface area contributed by atoms with E-state index in [0.29, 0.717) is 19.4 Å². The summed E-state index contributed by atoms with van der Waals surface area (Å²) < 4.78 is 6.08. The standard InChI is InChI=1S/C25H36N2O6/c1-2-3-6-13-26-24(31)19(15-28)27-25(32)23-18(20-10-11-21(23)33-20)14-17-8-5-4-7-16(17)9-12-22(29)30/h4-5,7-8,18-21,23,28H,2-3,6,9-15H2,1H3,(H,26,31)(H,27,32)(H,29,30)/t18-,19?,20-,21+,23-/m0/s1. The van der Waals surface area contributed by atoms with Crippen molar-refractivity contribution in [3.05, 3.63) is 35.4 Å². The molecule has 0 saturated carbocycles. The van der Waals surface area contributed by atoms with E-state index in [2.05, 4.69) is 17.6 Å². The number of aliphatic hydroxyl groups is 1. The van der Waals surface area contributed by atoms with E-state index in [4.69, 9.17) is 9.84 Å². The molecule has 4 N–H and O–H groups in total. The number of carbonyl (C=O) groups is 3. The Kier molecular flexibility index (Phi) is 9.26. The van der Waals surface area contributed by atoms with E-state index in [9.17, 15) is 19.5 Å². The second-order valence-electron chi connectivity index (χ2n) is 9.09. The molecule has 2 bridgehead atoms. The molecule has 2 aliphatic rings. The Morgan fingerprint density at radius 1 is 1.12 bits per heavy atom. The fraction of sp³-hybridized carbons (Fsp3) is 0.640. The maximum Gasteiger partial charge on any atom is 0.303 e. The van der Waals surface area contributed by atoms with E-state index in [-0.39, 0.29) is 36.4 Å². The maximum absolute atomic E-state index is 13.2. The number of carbonyl (C=O) groups excluding carboxylic acids is 2. The normalized spacial score (nSPS) is 24.4. The second-order valence-corrected chi connectivity index (χ2v) is 9.09. The van der Waals surface area contributed by atoms with Crippen LogP contribution in [-0.2, 0) is 32.0 Å². The van der Waals surface area contributed by atoms with Crippen LogP contribution in [0, 0.1) is 11.8 Å². The van der Waals surface area contributed by atoms with Gasteiger partial charge in [-0.15, -0.1) is 0 Å². The highest BCUT2D eigenvalue weighted by Crippen LogP contribution is 2.45. The van der Waals surface area contributed by atoms with Crippen molar-refractivity contribution in [2.24, 2.45) is 11.8 Å². The maximum atomic E-state index is 13.2. The first-order valence-corrected chi connectivity index (χ1v) is 12.1. The van der Waals surface area contributed by atoms with Crippen LogP contribution in [0.15, 0.2) is 24.3 Å². The van der Waals surface area contributed by atoms with Gasteiger partial charge in [0.1, 0.15) is 6.04 Å². The summed E-state index contributed by atoms with van der Waals surface area (Å²) in [6.45, 7) is 2.14. The van der Waals surface area contributed by atoms with Gasteiger partial charge in [0.05, 0.1) is 24.7 Å². The summed E-state index contributed by atoms with van der Waals surface area (Å²) in [5.41, 5.74) is 2.01. The monoisotopic (exact) mass is 460 g/mol. The fourth-order valence-corrected chi connectivity index (χ4v) is 5.06. The molecule has 2 fully saturated rings. The number of unbranched alkanes of at least 4 members (excludes halogenated alkanes) is 2. The molecule has 0 radical (unpaired) electrons. The first-order chi connectivity index (χ1) is 15.9. The number of rotatable bonds is 13. The third-order valence-electron chi connectivity index (χ3n) is 6.80. The van der Waals surface area contributed by atoms with E-state index in [1.807, 2.05) is 24.3 Å². The fourth-order valence-electron chi connectivity index (χ4n) is 5.06. The van der Waals surface area contributed by atoms with Crippen LogP contribution in [-0.4, -0.2) is 59.4 Å². The molecule has 1 aromatic carbocycles. The summed E-state index contributed by atoms with van der Waals surface area (Å²) in [5.74, 6) is -1.94. The first kappa shape index (κ1) is 25.2. The van der Waals surface area contributed by atoms with Gasteiger partial charge in [0.25, 0.3) is 0 Å². The van der Waals surface area contributed by atoms with E-state index < -0.39 is 24.5 Å². The number of benzene rings is 1. The zero-order valence-electron chi connectivity index (χ0n) is 19.3. The SMILES string of the molecule is CCCCCNC(=O)C(CO)NC(=O)[C@H]1[C@@H](Cc2ccccc2CCC(=O)O)[C@@H]2CC[C@H]1O2. The Morgan fingerprint density at radius 2 is 1.85 bits per heavy atom. The topological polar surface area (TPSA) is 125 Å². The predicted octanol–water partition coefficient (Wildman–Crippen LogP) is 1.82. The first-order valence-electron chi connectivity index (χ1n) is 12.1. The van der Waals surface area contributed by atoms with Crippen LogP contribution in [0.2, 0.25) is 0 Å². The Morgan fingerprint density at radius 3 is 2.55 bits per heavy atom. The summed E-state index contributed by atoms with van der Waals surface area (Å²) in [6, 6.07) is 6.76. The summed E-state index contributed by atoms with van der Waals surface area (Å²) in [7, 11) is 0. The van der Waals surface area contributed by atoms with Crippen molar-refractivity contribution in [2.75, 3.05) is 13.2 Å². The van der Waals surface area contributed by atoms with E-state index in [1.54, 1.807) is 0 Å². The average molecular weight is 461 g/mol. The van der Waals surface area contributed by atoms with Gasteiger partial charge < -0.3 is 25.6 Å². The number of hydrogen-bond acceptors (Lipinski definition) is 5. The lowest BCUT2D eigenvalue weighted by Crippen LogP contribution is -2.53. The van der Waals surface area contributed by atoms with Crippen molar-refractivity contribution in [2.45, 2.75) is 76.5 Å². The molecule has 0 aliphatic carbocycles. The second kappa shape index (κ2) is 12.1. The Balaban J connectivity index is 1.66. The van der Waals surface area contributed by atoms with Crippen LogP contribution in [0.4, 0.5) is 0 Å². The van der Waals surface area contributed by atoms with Gasteiger partial charge in [0, 0.05) is 18.9 Å². The summed E-state index contributed by atoms with van der Waals surface area (Å²) in [5, 5.41) is 24.3. The number of nitrogens with one attached hydrogen (secondary N) is 2. The lowest BCUT2D eigenvalue weighted by atomic mass is 9.75. The van der Waals surface area contributed by atoms with Crippen LogP contribution >= 0.6 is 0 Å². The molecule has 182 valence electrons. The molecule has 33 heavy (non-hydrogen) atoms. The van der Waals surface area contributed by atoms with Crippen molar-refractivity contribution >= 4 is 17.8 Å². The van der Waals surface area contributed by atoms with Crippen molar-refractivity contribution in [3.8, 4) is 0 Å². The zero-order chi connectivity index (χ0) is 23.8. The predicted molar refractivity (Wildman–Crippen MR) is 123 cm³/mol. The highest BCUT2D eigenvalue weighted by Gasteiger charge is 2.52. The molecule has 3 rings (SSSR count). The lowest BCUT2D eigenvalue weighted by molar-refractivity contribution is -0.137. The molecule has 2 heterocycles. The van der Waals surface area contributed by atoms with Crippen molar-refractivity contribution in [1.82, 2.24) is 10.6 Å². The largest absolute Gasteiger partial charge is 0.481 e. The molecule has 2 aliphatic heterocycles. The van der Waals surface area contributed by atoms with Crippen molar-refractivity contribution in [1.29, 1.82) is 0 Å². The Hall–Kier alpha value is -2.45. The smallest absolute Gasteiger partial charge is 0.303 e. The molecule has 8 nitrogen and oxygen atoms in total. The minimum atomic E-state index is -0.984. The molecule has 8 heteroatoms. The average Bonchev–Trinajstić information content (AvgIpc) is 3.41. The van der Waals surface area contributed by atoms with Crippen LogP contribution in [0.3, 0.4) is 0 Å². The number of carboxylic acids is 1. The van der Waals surface area contributed by atoms with Gasteiger partial charge in [-0.25, -0.2) is 0 Å². The van der Waals surface area contributed by atoms with Crippen LogP contribution in [0.25, 0.3) is 0 Å². The van der Waals surface area contributed by atoms with E-state index in [1.165, 1.54) is 0 Å². The number of aliphatic hydroxyl groups excluding tert-OH is 1. The molecule has 2 amide bonds. The molecule has 2 saturated heterocycles. The zero-order valence-corrected chi connectivity index (χ0v) is 19.3. The number of fused-ring (bicyclic) bond motifs is 2. The molecular formula is C25H36N2O6. The van der Waals surface area contributed by atoms with Crippen LogP contribution < -0.4 is 10.6 Å². The third kappa shape index (κ3) is 6.54. The van der Waals surface area contributed by atoms with Gasteiger partial charge >= 0.3 is 5.97 Å². The van der Waals surface area contributed by atoms with Gasteiger partial charge in [-0.05, 0) is 43.2 Å². The highest BCUT2D eigenvalue weighted by molar-refractivity contribution is 5.89. The number of ether oxygens (including phenoxy) is 1. The molecule has 0 spiro atoms. The van der Waals surface area contributed by atoms with Gasteiger partial charge in [0.2, 0.25) is 11.8 Å². The minimum absolute atomic E-state index is 0.0336. The number of carboxylic acid groups (broad SMARTS) is 1. The van der Waals surface area contributed by atoms with Crippen LogP contribution in [0.1, 0.15) is 56.6 Å². The van der Waals surface area contributed by atoms with E-state index >= 15 is 0 Å². The summed E-state index contributed by atoms with van der Waals surface area (Å²) >= 11 is 0. The quantitative estimate of drug-likeness (QED) is 0.333. The Bertz CT molecular complexity index is 829. The molecule has 5 atom stereocenters. The molecule has 0 aromatic heterocycles. The number of aliphatic carboxylic acids is 1. The minimum Gasteiger partial charge on any atom is -0.481 e. The van der Waals surface area contributed by atoms with Gasteiger partial charge in [0.15, 0.2) is 0 Å². The number of hydrogen-bond donors (Lipinski definition) is 4. The van der Waals surface area contributed by atoms with Gasteiger partial charge in [-0.2, -0.15) is 0 Å². The highest BCUT2D eigenvalue weighted by atomic mass is 16.5. The number of amides is 2. The Labute approximate surface area is 195 Å². The molecule has 1 unspecified atom stereocenters. The lowest BCUT2D eigenvalue weighted by Gasteiger charge is -2.29. The van der Waals surface area contributed by atoms with E-state index in [0.717, 1.165) is 43.2 Å². The van der Waals surface area contributed by atoms with Crippen molar-refractivity contribution < 1.29 is 29.3 Å². The number of aryl methyl sites for hydroxylation is 1. The summed E-state index contributed by atoms with van der Waals surface area (Å²) in [6.07, 6.45) is 5.47. The van der Waals surface area contributed by atoms with Crippen molar-refractivity contribution in [3.63, 3.8) is 0 Å².